The largest absolute Gasteiger partial charge is 0.352 e. The average Bonchev–Trinajstić information content (AvgIpc) is 3.00. The summed E-state index contributed by atoms with van der Waals surface area (Å²) in [5.41, 5.74) is 4.56. The molecule has 1 amide bonds. The summed E-state index contributed by atoms with van der Waals surface area (Å²) >= 11 is 0. The van der Waals surface area contributed by atoms with Gasteiger partial charge in [-0.2, -0.15) is 0 Å². The minimum atomic E-state index is 0.0119. The van der Waals surface area contributed by atoms with Gasteiger partial charge >= 0.3 is 0 Å². The predicted molar refractivity (Wildman–Crippen MR) is 77.7 cm³/mol. The highest BCUT2D eigenvalue weighted by atomic mass is 16.1. The molecule has 0 spiro atoms. The Morgan fingerprint density at radius 1 is 1.25 bits per heavy atom. The standard InChI is InChI=1S/C16H19N3O/c20-16(18-8-7-15-10-17-11-19-15)14-6-5-12-3-1-2-4-13(12)9-14/h5-6,9-11H,1-4,7-8H2,(H,17,19)(H,18,20). The minimum Gasteiger partial charge on any atom is -0.352 e. The first-order valence-electron chi connectivity index (χ1n) is 7.20. The molecule has 1 heterocycles. The van der Waals surface area contributed by atoms with Crippen LogP contribution in [-0.2, 0) is 19.3 Å². The number of carbonyl (C=O) groups excluding carboxylic acids is 1. The number of nitrogens with one attached hydrogen (secondary N) is 2. The molecule has 0 atom stereocenters. The summed E-state index contributed by atoms with van der Waals surface area (Å²) in [4.78, 5) is 19.1. The number of amides is 1. The summed E-state index contributed by atoms with van der Waals surface area (Å²) in [7, 11) is 0. The van der Waals surface area contributed by atoms with E-state index in [4.69, 9.17) is 0 Å². The van der Waals surface area contributed by atoms with Crippen LogP contribution in [0, 0.1) is 0 Å². The van der Waals surface area contributed by atoms with Crippen molar-refractivity contribution in [2.45, 2.75) is 32.1 Å². The van der Waals surface area contributed by atoms with Gasteiger partial charge in [0.2, 0.25) is 0 Å². The third kappa shape index (κ3) is 2.90. The van der Waals surface area contributed by atoms with Gasteiger partial charge < -0.3 is 10.3 Å². The van der Waals surface area contributed by atoms with E-state index >= 15 is 0 Å². The highest BCUT2D eigenvalue weighted by Gasteiger charge is 2.12. The van der Waals surface area contributed by atoms with Gasteiger partial charge in [0, 0.05) is 30.4 Å². The fraction of sp³-hybridized carbons (Fsp3) is 0.375. The summed E-state index contributed by atoms with van der Waals surface area (Å²) in [5, 5.41) is 2.96. The second-order valence-corrected chi connectivity index (χ2v) is 5.27. The van der Waals surface area contributed by atoms with Gasteiger partial charge in [-0.15, -0.1) is 0 Å². The number of fused-ring (bicyclic) bond motifs is 1. The lowest BCUT2D eigenvalue weighted by molar-refractivity contribution is 0.0954. The molecule has 0 bridgehead atoms. The molecule has 0 saturated carbocycles. The molecule has 1 aliphatic rings. The van der Waals surface area contributed by atoms with Gasteiger partial charge in [0.05, 0.1) is 6.33 Å². The van der Waals surface area contributed by atoms with E-state index in [0.29, 0.717) is 6.54 Å². The van der Waals surface area contributed by atoms with Crippen LogP contribution in [0.1, 0.15) is 40.0 Å². The van der Waals surface area contributed by atoms with E-state index in [2.05, 4.69) is 27.4 Å². The van der Waals surface area contributed by atoms with Crippen molar-refractivity contribution in [3.05, 3.63) is 53.1 Å². The molecule has 2 aromatic rings. The van der Waals surface area contributed by atoms with Crippen LogP contribution >= 0.6 is 0 Å². The van der Waals surface area contributed by atoms with E-state index in [9.17, 15) is 4.79 Å². The first kappa shape index (κ1) is 12.9. The molecule has 4 nitrogen and oxygen atoms in total. The molecule has 3 rings (SSSR count). The quantitative estimate of drug-likeness (QED) is 0.894. The second kappa shape index (κ2) is 5.90. The molecule has 1 aromatic carbocycles. The molecule has 20 heavy (non-hydrogen) atoms. The molecule has 0 unspecified atom stereocenters. The van der Waals surface area contributed by atoms with Gasteiger partial charge in [-0.1, -0.05) is 6.07 Å². The number of hydrogen-bond donors (Lipinski definition) is 2. The first-order chi connectivity index (χ1) is 9.83. The normalized spacial score (nSPS) is 13.8. The molecule has 2 N–H and O–H groups in total. The second-order valence-electron chi connectivity index (χ2n) is 5.27. The van der Waals surface area contributed by atoms with E-state index in [1.165, 1.54) is 24.0 Å². The summed E-state index contributed by atoms with van der Waals surface area (Å²) in [6.45, 7) is 0.623. The maximum atomic E-state index is 12.1. The number of aromatic nitrogens is 2. The van der Waals surface area contributed by atoms with E-state index in [0.717, 1.165) is 30.5 Å². The van der Waals surface area contributed by atoms with E-state index in [1.807, 2.05) is 6.07 Å². The lowest BCUT2D eigenvalue weighted by atomic mass is 9.90. The van der Waals surface area contributed by atoms with Gasteiger partial charge in [0.25, 0.3) is 5.91 Å². The molecule has 1 aromatic heterocycles. The molecular formula is C16H19N3O. The zero-order valence-corrected chi connectivity index (χ0v) is 11.5. The zero-order valence-electron chi connectivity index (χ0n) is 11.5. The lowest BCUT2D eigenvalue weighted by Gasteiger charge is -2.16. The SMILES string of the molecule is O=C(NCCc1cnc[nH]1)c1ccc2c(c1)CCCC2. The number of aromatic amines is 1. The molecule has 0 saturated heterocycles. The molecular weight excluding hydrogens is 250 g/mol. The molecule has 1 aliphatic carbocycles. The van der Waals surface area contributed by atoms with E-state index < -0.39 is 0 Å². The Hall–Kier alpha value is -2.10. The molecule has 0 radical (unpaired) electrons. The average molecular weight is 269 g/mol. The highest BCUT2D eigenvalue weighted by molar-refractivity contribution is 5.94. The number of benzene rings is 1. The fourth-order valence-corrected chi connectivity index (χ4v) is 2.71. The van der Waals surface area contributed by atoms with Crippen LogP contribution in [0.25, 0.3) is 0 Å². The highest BCUT2D eigenvalue weighted by Crippen LogP contribution is 2.22. The van der Waals surface area contributed by atoms with Crippen molar-refractivity contribution in [1.82, 2.24) is 15.3 Å². The number of aryl methyl sites for hydroxylation is 2. The van der Waals surface area contributed by atoms with Crippen molar-refractivity contribution in [3.63, 3.8) is 0 Å². The fourth-order valence-electron chi connectivity index (χ4n) is 2.71. The zero-order chi connectivity index (χ0) is 13.8. The van der Waals surface area contributed by atoms with Crippen LogP contribution in [0.3, 0.4) is 0 Å². The third-order valence-corrected chi connectivity index (χ3v) is 3.85. The Morgan fingerprint density at radius 2 is 2.10 bits per heavy atom. The summed E-state index contributed by atoms with van der Waals surface area (Å²) < 4.78 is 0. The minimum absolute atomic E-state index is 0.0119. The van der Waals surface area contributed by atoms with Crippen molar-refractivity contribution >= 4 is 5.91 Å². The van der Waals surface area contributed by atoms with Gasteiger partial charge in [-0.25, -0.2) is 4.98 Å². The van der Waals surface area contributed by atoms with Crippen LogP contribution in [0.15, 0.2) is 30.7 Å². The Kier molecular flexibility index (Phi) is 3.81. The van der Waals surface area contributed by atoms with Crippen LogP contribution in [0.5, 0.6) is 0 Å². The van der Waals surface area contributed by atoms with Crippen molar-refractivity contribution < 1.29 is 4.79 Å². The molecule has 0 aliphatic heterocycles. The first-order valence-corrected chi connectivity index (χ1v) is 7.20. The number of nitrogens with zero attached hydrogens (tertiary/aromatic N) is 1. The van der Waals surface area contributed by atoms with Gasteiger partial charge in [0.15, 0.2) is 0 Å². The van der Waals surface area contributed by atoms with Crippen molar-refractivity contribution in [2.24, 2.45) is 0 Å². The number of rotatable bonds is 4. The Labute approximate surface area is 118 Å². The van der Waals surface area contributed by atoms with Crippen LogP contribution in [0.2, 0.25) is 0 Å². The van der Waals surface area contributed by atoms with Crippen molar-refractivity contribution in [2.75, 3.05) is 6.54 Å². The van der Waals surface area contributed by atoms with Crippen molar-refractivity contribution in [1.29, 1.82) is 0 Å². The third-order valence-electron chi connectivity index (χ3n) is 3.85. The van der Waals surface area contributed by atoms with E-state index in [1.54, 1.807) is 12.5 Å². The predicted octanol–water partition coefficient (Wildman–Crippen LogP) is 2.26. The topological polar surface area (TPSA) is 57.8 Å². The summed E-state index contributed by atoms with van der Waals surface area (Å²) in [6, 6.07) is 6.11. The van der Waals surface area contributed by atoms with Crippen molar-refractivity contribution in [3.8, 4) is 0 Å². The Morgan fingerprint density at radius 3 is 2.90 bits per heavy atom. The molecule has 4 heteroatoms. The lowest BCUT2D eigenvalue weighted by Crippen LogP contribution is -2.26. The maximum Gasteiger partial charge on any atom is 0.251 e. The van der Waals surface area contributed by atoms with Gasteiger partial charge in [-0.3, -0.25) is 4.79 Å². The smallest absolute Gasteiger partial charge is 0.251 e. The van der Waals surface area contributed by atoms with Crippen LogP contribution < -0.4 is 5.32 Å². The maximum absolute atomic E-state index is 12.1. The van der Waals surface area contributed by atoms with Gasteiger partial charge in [0.1, 0.15) is 0 Å². The number of H-pyrrole nitrogens is 1. The van der Waals surface area contributed by atoms with Gasteiger partial charge in [-0.05, 0) is 48.9 Å². The Balaban J connectivity index is 1.59. The number of hydrogen-bond acceptors (Lipinski definition) is 2. The molecule has 0 fully saturated rings. The summed E-state index contributed by atoms with van der Waals surface area (Å²) in [6.07, 6.45) is 8.96. The van der Waals surface area contributed by atoms with Crippen LogP contribution in [0.4, 0.5) is 0 Å². The summed E-state index contributed by atoms with van der Waals surface area (Å²) in [5.74, 6) is 0.0119. The number of imidazole rings is 1. The van der Waals surface area contributed by atoms with Crippen LogP contribution in [-0.4, -0.2) is 22.4 Å². The Bertz CT molecular complexity index is 590. The number of carbonyl (C=O) groups is 1. The van der Waals surface area contributed by atoms with E-state index in [-0.39, 0.29) is 5.91 Å². The monoisotopic (exact) mass is 269 g/mol. The molecule has 104 valence electrons.